The summed E-state index contributed by atoms with van der Waals surface area (Å²) in [6.07, 6.45) is 4.15. The van der Waals surface area contributed by atoms with Crippen LogP contribution in [0.3, 0.4) is 0 Å². The van der Waals surface area contributed by atoms with Gasteiger partial charge in [0.25, 0.3) is 0 Å². The molecule has 0 radical (unpaired) electrons. The largest absolute Gasteiger partial charge is 0.385 e. The van der Waals surface area contributed by atoms with Crippen LogP contribution in [0.4, 0.5) is 0 Å². The zero-order chi connectivity index (χ0) is 17.6. The van der Waals surface area contributed by atoms with Crippen LogP contribution in [0.1, 0.15) is 53.5 Å². The Kier molecular flexibility index (Phi) is 4.21. The SMILES string of the molecule is Cc1cc(C)c(C2(O)CC3CCC(C2)N3Cc2ccccc2)cc1C. The Morgan fingerprint density at radius 2 is 1.52 bits per heavy atom. The summed E-state index contributed by atoms with van der Waals surface area (Å²) < 4.78 is 0. The van der Waals surface area contributed by atoms with E-state index >= 15 is 0 Å². The Balaban J connectivity index is 1.59. The van der Waals surface area contributed by atoms with Crippen molar-refractivity contribution in [3.8, 4) is 0 Å². The Morgan fingerprint density at radius 1 is 0.920 bits per heavy atom. The molecule has 25 heavy (non-hydrogen) atoms. The Morgan fingerprint density at radius 3 is 2.16 bits per heavy atom. The van der Waals surface area contributed by atoms with E-state index in [2.05, 4.69) is 68.1 Å². The fraction of sp³-hybridized carbons (Fsp3) is 0.478. The monoisotopic (exact) mass is 335 g/mol. The standard InChI is InChI=1S/C23H29NO/c1-16-11-18(3)22(12-17(16)2)23(25)13-20-9-10-21(14-23)24(20)15-19-7-5-4-6-8-19/h4-8,11-12,20-21,25H,9-10,13-15H2,1-3H3. The quantitative estimate of drug-likeness (QED) is 0.884. The molecule has 2 atom stereocenters. The Labute approximate surface area is 151 Å². The minimum atomic E-state index is -0.665. The van der Waals surface area contributed by atoms with Crippen molar-refractivity contribution in [3.05, 3.63) is 70.3 Å². The highest BCUT2D eigenvalue weighted by molar-refractivity contribution is 5.40. The van der Waals surface area contributed by atoms with Gasteiger partial charge in [-0.15, -0.1) is 0 Å². The van der Waals surface area contributed by atoms with Gasteiger partial charge in [0.2, 0.25) is 0 Å². The van der Waals surface area contributed by atoms with Gasteiger partial charge in [-0.2, -0.15) is 0 Å². The first-order valence-corrected chi connectivity index (χ1v) is 9.57. The van der Waals surface area contributed by atoms with Crippen LogP contribution < -0.4 is 0 Å². The van der Waals surface area contributed by atoms with E-state index in [1.807, 2.05) is 0 Å². The molecule has 4 rings (SSSR count). The number of hydrogen-bond acceptors (Lipinski definition) is 2. The summed E-state index contributed by atoms with van der Waals surface area (Å²) >= 11 is 0. The van der Waals surface area contributed by atoms with Crippen molar-refractivity contribution in [2.75, 3.05) is 0 Å². The summed E-state index contributed by atoms with van der Waals surface area (Å²) in [6.45, 7) is 7.47. The molecule has 2 unspecified atom stereocenters. The molecule has 2 aromatic rings. The first kappa shape index (κ1) is 16.8. The van der Waals surface area contributed by atoms with E-state index < -0.39 is 5.60 Å². The van der Waals surface area contributed by atoms with Crippen LogP contribution in [0.15, 0.2) is 42.5 Å². The van der Waals surface area contributed by atoms with Crippen molar-refractivity contribution in [3.63, 3.8) is 0 Å². The molecule has 0 saturated carbocycles. The number of benzene rings is 2. The summed E-state index contributed by atoms with van der Waals surface area (Å²) in [4.78, 5) is 2.64. The number of rotatable bonds is 3. The van der Waals surface area contributed by atoms with Gasteiger partial charge in [-0.05, 0) is 74.3 Å². The fourth-order valence-electron chi connectivity index (χ4n) is 5.05. The molecule has 2 nitrogen and oxygen atoms in total. The third-order valence-electron chi connectivity index (χ3n) is 6.47. The number of aryl methyl sites for hydroxylation is 3. The molecular weight excluding hydrogens is 306 g/mol. The summed E-state index contributed by atoms with van der Waals surface area (Å²) in [5, 5.41) is 11.6. The molecule has 2 heteroatoms. The number of aliphatic hydroxyl groups is 1. The van der Waals surface area contributed by atoms with Gasteiger partial charge >= 0.3 is 0 Å². The van der Waals surface area contributed by atoms with Crippen LogP contribution in [-0.4, -0.2) is 22.1 Å². The fourth-order valence-corrected chi connectivity index (χ4v) is 5.05. The first-order chi connectivity index (χ1) is 12.0. The molecule has 2 saturated heterocycles. The average molecular weight is 335 g/mol. The van der Waals surface area contributed by atoms with Gasteiger partial charge in [-0.3, -0.25) is 4.90 Å². The van der Waals surface area contributed by atoms with Crippen LogP contribution >= 0.6 is 0 Å². The second-order valence-corrected chi connectivity index (χ2v) is 8.23. The highest BCUT2D eigenvalue weighted by Crippen LogP contribution is 2.47. The van der Waals surface area contributed by atoms with E-state index in [-0.39, 0.29) is 0 Å². The number of fused-ring (bicyclic) bond motifs is 2. The van der Waals surface area contributed by atoms with Gasteiger partial charge in [0, 0.05) is 18.6 Å². The molecule has 2 aliphatic heterocycles. The smallest absolute Gasteiger partial charge is 0.0929 e. The van der Waals surface area contributed by atoms with Crippen LogP contribution in [-0.2, 0) is 12.1 Å². The molecule has 2 aliphatic rings. The normalized spacial score (nSPS) is 29.1. The molecule has 2 fully saturated rings. The summed E-state index contributed by atoms with van der Waals surface area (Å²) in [6, 6.07) is 16.2. The number of piperidine rings is 1. The van der Waals surface area contributed by atoms with Gasteiger partial charge in [-0.1, -0.05) is 42.5 Å². The summed E-state index contributed by atoms with van der Waals surface area (Å²) in [5.41, 5.74) is 5.71. The lowest BCUT2D eigenvalue weighted by molar-refractivity contribution is -0.0599. The lowest BCUT2D eigenvalue weighted by Gasteiger charge is -2.45. The van der Waals surface area contributed by atoms with Crippen molar-refractivity contribution in [2.24, 2.45) is 0 Å². The maximum absolute atomic E-state index is 11.6. The second-order valence-electron chi connectivity index (χ2n) is 8.23. The van der Waals surface area contributed by atoms with Crippen LogP contribution in [0.25, 0.3) is 0 Å². The lowest BCUT2D eigenvalue weighted by Crippen LogP contribution is -2.49. The predicted octanol–water partition coefficient (Wildman–Crippen LogP) is 4.63. The number of hydrogen-bond donors (Lipinski definition) is 1. The van der Waals surface area contributed by atoms with E-state index in [4.69, 9.17) is 0 Å². The molecule has 2 heterocycles. The lowest BCUT2D eigenvalue weighted by atomic mass is 9.77. The van der Waals surface area contributed by atoms with Crippen molar-refractivity contribution < 1.29 is 5.11 Å². The Bertz CT molecular complexity index is 753. The van der Waals surface area contributed by atoms with E-state index in [1.165, 1.54) is 35.1 Å². The van der Waals surface area contributed by atoms with Gasteiger partial charge in [0.05, 0.1) is 5.60 Å². The van der Waals surface area contributed by atoms with Gasteiger partial charge < -0.3 is 5.11 Å². The molecule has 0 aliphatic carbocycles. The van der Waals surface area contributed by atoms with E-state index in [1.54, 1.807) is 0 Å². The molecule has 2 bridgehead atoms. The summed E-state index contributed by atoms with van der Waals surface area (Å²) in [7, 11) is 0. The van der Waals surface area contributed by atoms with Gasteiger partial charge in [0.1, 0.15) is 0 Å². The van der Waals surface area contributed by atoms with Crippen molar-refractivity contribution in [2.45, 2.75) is 70.7 Å². The zero-order valence-corrected chi connectivity index (χ0v) is 15.6. The van der Waals surface area contributed by atoms with Gasteiger partial charge in [0.15, 0.2) is 0 Å². The van der Waals surface area contributed by atoms with Crippen LogP contribution in [0, 0.1) is 20.8 Å². The van der Waals surface area contributed by atoms with Crippen molar-refractivity contribution >= 4 is 0 Å². The van der Waals surface area contributed by atoms with Crippen LogP contribution in [0.5, 0.6) is 0 Å². The maximum Gasteiger partial charge on any atom is 0.0929 e. The van der Waals surface area contributed by atoms with E-state index in [9.17, 15) is 5.11 Å². The molecule has 2 aromatic carbocycles. The van der Waals surface area contributed by atoms with Crippen LogP contribution in [0.2, 0.25) is 0 Å². The van der Waals surface area contributed by atoms with Gasteiger partial charge in [-0.25, -0.2) is 0 Å². The molecule has 0 spiro atoms. The highest BCUT2D eigenvalue weighted by Gasteiger charge is 2.48. The third-order valence-corrected chi connectivity index (χ3v) is 6.47. The predicted molar refractivity (Wildman–Crippen MR) is 103 cm³/mol. The summed E-state index contributed by atoms with van der Waals surface area (Å²) in [5.74, 6) is 0. The Hall–Kier alpha value is -1.64. The average Bonchev–Trinajstić information content (AvgIpc) is 2.83. The molecule has 0 amide bonds. The van der Waals surface area contributed by atoms with E-state index in [0.717, 1.165) is 24.9 Å². The molecule has 1 N–H and O–H groups in total. The molecule has 0 aromatic heterocycles. The first-order valence-electron chi connectivity index (χ1n) is 9.57. The zero-order valence-electron chi connectivity index (χ0n) is 15.6. The maximum atomic E-state index is 11.6. The molecule has 132 valence electrons. The number of nitrogens with zero attached hydrogens (tertiary/aromatic N) is 1. The minimum Gasteiger partial charge on any atom is -0.385 e. The second kappa shape index (κ2) is 6.26. The van der Waals surface area contributed by atoms with Crippen molar-refractivity contribution in [1.82, 2.24) is 4.90 Å². The minimum absolute atomic E-state index is 0.491. The van der Waals surface area contributed by atoms with E-state index in [0.29, 0.717) is 12.1 Å². The third kappa shape index (κ3) is 3.02. The topological polar surface area (TPSA) is 23.5 Å². The molecular formula is C23H29NO. The highest BCUT2D eigenvalue weighted by atomic mass is 16.3. The van der Waals surface area contributed by atoms with Crippen molar-refractivity contribution in [1.29, 1.82) is 0 Å².